The van der Waals surface area contributed by atoms with Crippen LogP contribution in [-0.4, -0.2) is 18.8 Å². The van der Waals surface area contributed by atoms with Crippen LogP contribution in [0, 0.1) is 23.2 Å². The van der Waals surface area contributed by atoms with Crippen LogP contribution in [-0.2, 0) is 0 Å². The molecule has 1 aliphatic carbocycles. The maximum Gasteiger partial charge on any atom is 0.0598 e. The second-order valence-corrected chi connectivity index (χ2v) is 5.37. The summed E-state index contributed by atoms with van der Waals surface area (Å²) in [5, 5.41) is 12.6. The summed E-state index contributed by atoms with van der Waals surface area (Å²) in [4.78, 5) is 0. The van der Waals surface area contributed by atoms with Gasteiger partial charge in [-0.3, -0.25) is 0 Å². The van der Waals surface area contributed by atoms with Gasteiger partial charge < -0.3 is 10.7 Å². The SMILES string of the molecule is N=C(c1ccc(Cl)c(Cl)c1)C1C2CNCC21. The first-order chi connectivity index (χ1) is 7.68. The largest absolute Gasteiger partial charge is 0.316 e. The Balaban J connectivity index is 1.82. The summed E-state index contributed by atoms with van der Waals surface area (Å²) in [6.45, 7) is 2.11. The smallest absolute Gasteiger partial charge is 0.0598 e. The summed E-state index contributed by atoms with van der Waals surface area (Å²) in [6.07, 6.45) is 0. The van der Waals surface area contributed by atoms with Gasteiger partial charge in [0.2, 0.25) is 0 Å². The lowest BCUT2D eigenvalue weighted by Crippen LogP contribution is -2.19. The van der Waals surface area contributed by atoms with Crippen LogP contribution >= 0.6 is 23.2 Å². The van der Waals surface area contributed by atoms with Crippen molar-refractivity contribution in [3.63, 3.8) is 0 Å². The molecule has 1 aromatic carbocycles. The highest BCUT2D eigenvalue weighted by molar-refractivity contribution is 6.42. The fraction of sp³-hybridized carbons (Fsp3) is 0.417. The molecular weight excluding hydrogens is 243 g/mol. The van der Waals surface area contributed by atoms with Crippen LogP contribution < -0.4 is 5.32 Å². The molecule has 1 saturated carbocycles. The third-order valence-corrected chi connectivity index (χ3v) is 4.39. The number of benzene rings is 1. The van der Waals surface area contributed by atoms with Gasteiger partial charge in [0.15, 0.2) is 0 Å². The lowest BCUT2D eigenvalue weighted by molar-refractivity contribution is 0.684. The molecule has 2 atom stereocenters. The van der Waals surface area contributed by atoms with Gasteiger partial charge >= 0.3 is 0 Å². The molecule has 0 aromatic heterocycles. The van der Waals surface area contributed by atoms with Crippen molar-refractivity contribution in [2.24, 2.45) is 17.8 Å². The normalized spacial score (nSPS) is 31.2. The number of halogens is 2. The van der Waals surface area contributed by atoms with Crippen molar-refractivity contribution >= 4 is 28.9 Å². The molecule has 2 unspecified atom stereocenters. The molecule has 0 amide bonds. The van der Waals surface area contributed by atoms with E-state index in [9.17, 15) is 0 Å². The Morgan fingerprint density at radius 3 is 2.50 bits per heavy atom. The minimum Gasteiger partial charge on any atom is -0.316 e. The van der Waals surface area contributed by atoms with Crippen LogP contribution in [0.4, 0.5) is 0 Å². The van der Waals surface area contributed by atoms with Crippen molar-refractivity contribution in [3.05, 3.63) is 33.8 Å². The molecule has 0 spiro atoms. The van der Waals surface area contributed by atoms with E-state index in [1.54, 1.807) is 12.1 Å². The highest BCUT2D eigenvalue weighted by Gasteiger charge is 2.54. The van der Waals surface area contributed by atoms with Gasteiger partial charge in [-0.15, -0.1) is 0 Å². The van der Waals surface area contributed by atoms with Crippen molar-refractivity contribution in [3.8, 4) is 0 Å². The molecular formula is C12H12Cl2N2. The van der Waals surface area contributed by atoms with Crippen molar-refractivity contribution in [1.29, 1.82) is 5.41 Å². The zero-order valence-electron chi connectivity index (χ0n) is 8.63. The van der Waals surface area contributed by atoms with Gasteiger partial charge in [-0.25, -0.2) is 0 Å². The van der Waals surface area contributed by atoms with Crippen molar-refractivity contribution in [2.45, 2.75) is 0 Å². The van der Waals surface area contributed by atoms with E-state index in [0.717, 1.165) is 24.4 Å². The average molecular weight is 255 g/mol. The van der Waals surface area contributed by atoms with Crippen LogP contribution in [0.5, 0.6) is 0 Å². The van der Waals surface area contributed by atoms with Crippen LogP contribution in [0.1, 0.15) is 5.56 Å². The molecule has 1 saturated heterocycles. The third kappa shape index (κ3) is 1.56. The number of rotatable bonds is 2. The number of hydrogen-bond donors (Lipinski definition) is 2. The Hall–Kier alpha value is -0.570. The van der Waals surface area contributed by atoms with E-state index < -0.39 is 0 Å². The topological polar surface area (TPSA) is 35.9 Å². The Kier molecular flexibility index (Phi) is 2.46. The summed E-state index contributed by atoms with van der Waals surface area (Å²) >= 11 is 11.8. The predicted molar refractivity (Wildman–Crippen MR) is 66.6 cm³/mol. The van der Waals surface area contributed by atoms with Gasteiger partial charge in [-0.1, -0.05) is 29.3 Å². The minimum atomic E-state index is 0.429. The van der Waals surface area contributed by atoms with E-state index in [0.29, 0.717) is 27.8 Å². The van der Waals surface area contributed by atoms with Gasteiger partial charge in [0.1, 0.15) is 0 Å². The van der Waals surface area contributed by atoms with Gasteiger partial charge in [0.05, 0.1) is 10.0 Å². The Labute approximate surface area is 104 Å². The average Bonchev–Trinajstić information content (AvgIpc) is 2.74. The molecule has 84 valence electrons. The summed E-state index contributed by atoms with van der Waals surface area (Å²) in [5.41, 5.74) is 1.63. The van der Waals surface area contributed by atoms with Gasteiger partial charge in [0, 0.05) is 11.6 Å². The van der Waals surface area contributed by atoms with E-state index in [1.807, 2.05) is 6.07 Å². The minimum absolute atomic E-state index is 0.429. The molecule has 0 radical (unpaired) electrons. The maximum absolute atomic E-state index is 8.18. The van der Waals surface area contributed by atoms with E-state index >= 15 is 0 Å². The standard InChI is InChI=1S/C12H12Cl2N2/c13-9-2-1-6(3-10(9)14)12(15)11-7-4-16-5-8(7)11/h1-3,7-8,11,15-16H,4-5H2. The molecule has 1 aliphatic heterocycles. The molecule has 16 heavy (non-hydrogen) atoms. The summed E-state index contributed by atoms with van der Waals surface area (Å²) in [6, 6.07) is 5.45. The van der Waals surface area contributed by atoms with Crippen molar-refractivity contribution in [2.75, 3.05) is 13.1 Å². The summed E-state index contributed by atoms with van der Waals surface area (Å²) in [7, 11) is 0. The van der Waals surface area contributed by atoms with E-state index in [1.165, 1.54) is 0 Å². The van der Waals surface area contributed by atoms with Crippen LogP contribution in [0.2, 0.25) is 10.0 Å². The van der Waals surface area contributed by atoms with Gasteiger partial charge in [0.25, 0.3) is 0 Å². The molecule has 2 fully saturated rings. The lowest BCUT2D eigenvalue weighted by atomic mass is 10.0. The van der Waals surface area contributed by atoms with Crippen LogP contribution in [0.3, 0.4) is 0 Å². The first-order valence-electron chi connectivity index (χ1n) is 5.43. The fourth-order valence-corrected chi connectivity index (χ4v) is 3.00. The van der Waals surface area contributed by atoms with Crippen molar-refractivity contribution in [1.82, 2.24) is 5.32 Å². The number of hydrogen-bond acceptors (Lipinski definition) is 2. The second kappa shape index (κ2) is 3.73. The summed E-state index contributed by atoms with van der Waals surface area (Å²) in [5.74, 6) is 1.77. The monoisotopic (exact) mass is 254 g/mol. The van der Waals surface area contributed by atoms with Crippen LogP contribution in [0.25, 0.3) is 0 Å². The molecule has 1 aromatic rings. The highest BCUT2D eigenvalue weighted by atomic mass is 35.5. The molecule has 1 heterocycles. The predicted octanol–water partition coefficient (Wildman–Crippen LogP) is 2.83. The van der Waals surface area contributed by atoms with E-state index in [4.69, 9.17) is 28.6 Å². The highest BCUT2D eigenvalue weighted by Crippen LogP contribution is 2.50. The molecule has 0 bridgehead atoms. The molecule has 2 nitrogen and oxygen atoms in total. The fourth-order valence-electron chi connectivity index (χ4n) is 2.70. The molecule has 2 aliphatic rings. The molecule has 2 N–H and O–H groups in total. The molecule has 3 rings (SSSR count). The quantitative estimate of drug-likeness (QED) is 0.783. The Morgan fingerprint density at radius 1 is 1.19 bits per heavy atom. The zero-order chi connectivity index (χ0) is 11.3. The van der Waals surface area contributed by atoms with Gasteiger partial charge in [-0.05, 0) is 42.6 Å². The third-order valence-electron chi connectivity index (χ3n) is 3.66. The maximum atomic E-state index is 8.18. The second-order valence-electron chi connectivity index (χ2n) is 4.55. The first kappa shape index (κ1) is 10.6. The number of nitrogens with one attached hydrogen (secondary N) is 2. The zero-order valence-corrected chi connectivity index (χ0v) is 10.1. The number of fused-ring (bicyclic) bond motifs is 1. The molecule has 4 heteroatoms. The number of piperidine rings is 1. The van der Waals surface area contributed by atoms with E-state index in [2.05, 4.69) is 5.32 Å². The summed E-state index contributed by atoms with van der Waals surface area (Å²) < 4.78 is 0. The Bertz CT molecular complexity index is 448. The van der Waals surface area contributed by atoms with Crippen LogP contribution in [0.15, 0.2) is 18.2 Å². The van der Waals surface area contributed by atoms with Gasteiger partial charge in [-0.2, -0.15) is 0 Å². The first-order valence-corrected chi connectivity index (χ1v) is 6.18. The van der Waals surface area contributed by atoms with E-state index in [-0.39, 0.29) is 0 Å². The Morgan fingerprint density at radius 2 is 1.88 bits per heavy atom. The van der Waals surface area contributed by atoms with Crippen molar-refractivity contribution < 1.29 is 0 Å². The lowest BCUT2D eigenvalue weighted by Gasteiger charge is -2.07.